The van der Waals surface area contributed by atoms with Crippen LogP contribution in [0.15, 0.2) is 22.7 Å². The Morgan fingerprint density at radius 1 is 1.29 bits per heavy atom. The lowest BCUT2D eigenvalue weighted by molar-refractivity contribution is 0.173. The third-order valence-corrected chi connectivity index (χ3v) is 5.78. The van der Waals surface area contributed by atoms with E-state index in [4.69, 9.17) is 0 Å². The van der Waals surface area contributed by atoms with Gasteiger partial charge in [0, 0.05) is 48.2 Å². The monoisotopic (exact) mass is 348 g/mol. The lowest BCUT2D eigenvalue weighted by Gasteiger charge is -2.42. The molecule has 3 nitrogen and oxygen atoms in total. The summed E-state index contributed by atoms with van der Waals surface area (Å²) in [7, 11) is 4.39. The largest absolute Gasteiger partial charge is 0.396 e. The van der Waals surface area contributed by atoms with E-state index in [-0.39, 0.29) is 12.5 Å². The fourth-order valence-corrected chi connectivity index (χ4v) is 4.85. The molecule has 0 radical (unpaired) electrons. The quantitative estimate of drug-likeness (QED) is 0.845. The molecule has 0 fully saturated rings. The lowest BCUT2D eigenvalue weighted by atomic mass is 9.75. The highest BCUT2D eigenvalue weighted by Gasteiger charge is 2.41. The van der Waals surface area contributed by atoms with Crippen molar-refractivity contribution < 1.29 is 5.11 Å². The van der Waals surface area contributed by atoms with Crippen molar-refractivity contribution in [1.29, 1.82) is 0 Å². The molecule has 2 aliphatic heterocycles. The first-order valence-corrected chi connectivity index (χ1v) is 8.45. The standard InChI is InChI=1S/C17H21BrN2O/c1-19-7-10(9-21)3-13-14-5-12(18)6-16-17(14)11(4-15(13)19)8-20(16)2/h3,5-6,10-11,15,21H,4,7-9H2,1-2H3/t10-,11?,15-/m1/s1. The van der Waals surface area contributed by atoms with Crippen molar-refractivity contribution >= 4 is 27.2 Å². The van der Waals surface area contributed by atoms with E-state index in [0.717, 1.165) is 17.6 Å². The maximum atomic E-state index is 9.57. The van der Waals surface area contributed by atoms with Crippen LogP contribution in [0.5, 0.6) is 0 Å². The summed E-state index contributed by atoms with van der Waals surface area (Å²) in [5, 5.41) is 9.57. The number of anilines is 1. The van der Waals surface area contributed by atoms with Crippen LogP contribution in [0.1, 0.15) is 23.5 Å². The number of aliphatic hydroxyl groups is 1. The molecule has 0 amide bonds. The zero-order chi connectivity index (χ0) is 14.7. The molecule has 1 aromatic carbocycles. The smallest absolute Gasteiger partial charge is 0.0506 e. The van der Waals surface area contributed by atoms with Crippen LogP contribution in [0, 0.1) is 5.92 Å². The van der Waals surface area contributed by atoms with E-state index < -0.39 is 0 Å². The Bertz CT molecular complexity index is 627. The summed E-state index contributed by atoms with van der Waals surface area (Å²) in [5.74, 6) is 0.898. The van der Waals surface area contributed by atoms with Gasteiger partial charge >= 0.3 is 0 Å². The Morgan fingerprint density at radius 2 is 2.10 bits per heavy atom. The Hall–Kier alpha value is -0.840. The fourth-order valence-electron chi connectivity index (χ4n) is 4.41. The first kappa shape index (κ1) is 13.8. The Morgan fingerprint density at radius 3 is 2.86 bits per heavy atom. The van der Waals surface area contributed by atoms with Crippen LogP contribution in [0.4, 0.5) is 5.69 Å². The minimum atomic E-state index is 0.236. The van der Waals surface area contributed by atoms with Gasteiger partial charge in [0.2, 0.25) is 0 Å². The summed E-state index contributed by atoms with van der Waals surface area (Å²) in [6.45, 7) is 2.32. The van der Waals surface area contributed by atoms with Gasteiger partial charge < -0.3 is 10.0 Å². The highest BCUT2D eigenvalue weighted by Crippen LogP contribution is 2.51. The molecule has 0 saturated heterocycles. The molecule has 21 heavy (non-hydrogen) atoms. The molecular formula is C17H21BrN2O. The molecule has 4 rings (SSSR count). The minimum absolute atomic E-state index is 0.236. The van der Waals surface area contributed by atoms with E-state index in [1.807, 2.05) is 0 Å². The van der Waals surface area contributed by atoms with Gasteiger partial charge in [0.25, 0.3) is 0 Å². The second-order valence-electron chi connectivity index (χ2n) is 6.72. The summed E-state index contributed by atoms with van der Waals surface area (Å²) >= 11 is 3.68. The molecule has 4 heteroatoms. The third kappa shape index (κ3) is 2.00. The van der Waals surface area contributed by atoms with Gasteiger partial charge in [-0.3, -0.25) is 4.90 Å². The van der Waals surface area contributed by atoms with E-state index in [0.29, 0.717) is 12.0 Å². The zero-order valence-electron chi connectivity index (χ0n) is 12.5. The molecule has 0 bridgehead atoms. The molecule has 112 valence electrons. The van der Waals surface area contributed by atoms with Crippen LogP contribution in [-0.4, -0.2) is 49.8 Å². The van der Waals surface area contributed by atoms with E-state index in [9.17, 15) is 5.11 Å². The van der Waals surface area contributed by atoms with Gasteiger partial charge in [-0.1, -0.05) is 22.0 Å². The SMILES string of the molecule is CN1CC2C[C@@H]3C(=C[C@@H](CO)CN3C)c3cc(Br)cc1c32. The predicted octanol–water partition coefficient (Wildman–Crippen LogP) is 2.69. The highest BCUT2D eigenvalue weighted by molar-refractivity contribution is 9.10. The van der Waals surface area contributed by atoms with Crippen molar-refractivity contribution in [3.8, 4) is 0 Å². The van der Waals surface area contributed by atoms with Crippen molar-refractivity contribution in [3.05, 3.63) is 33.8 Å². The van der Waals surface area contributed by atoms with E-state index in [1.54, 1.807) is 0 Å². The molecule has 3 atom stereocenters. The summed E-state index contributed by atoms with van der Waals surface area (Å²) in [6, 6.07) is 5.02. The number of halogens is 1. The molecule has 0 spiro atoms. The zero-order valence-corrected chi connectivity index (χ0v) is 14.1. The Balaban J connectivity index is 1.92. The topological polar surface area (TPSA) is 26.7 Å². The van der Waals surface area contributed by atoms with Crippen LogP contribution < -0.4 is 4.90 Å². The minimum Gasteiger partial charge on any atom is -0.396 e. The number of benzene rings is 1. The average molecular weight is 349 g/mol. The second kappa shape index (κ2) is 4.83. The van der Waals surface area contributed by atoms with Crippen molar-refractivity contribution in [3.63, 3.8) is 0 Å². The molecular weight excluding hydrogens is 328 g/mol. The van der Waals surface area contributed by atoms with Crippen LogP contribution in [0.3, 0.4) is 0 Å². The lowest BCUT2D eigenvalue weighted by Crippen LogP contribution is -2.43. The molecule has 1 unspecified atom stereocenters. The Labute approximate surface area is 134 Å². The predicted molar refractivity (Wildman–Crippen MR) is 89.7 cm³/mol. The van der Waals surface area contributed by atoms with Crippen LogP contribution in [0.25, 0.3) is 5.57 Å². The maximum Gasteiger partial charge on any atom is 0.0506 e. The first-order chi connectivity index (χ1) is 10.1. The number of fused-ring (bicyclic) bond motifs is 2. The first-order valence-electron chi connectivity index (χ1n) is 7.66. The molecule has 0 aromatic heterocycles. The van der Waals surface area contributed by atoms with Crippen LogP contribution in [0.2, 0.25) is 0 Å². The van der Waals surface area contributed by atoms with Gasteiger partial charge in [-0.05, 0) is 42.3 Å². The number of hydrogen-bond acceptors (Lipinski definition) is 3. The molecule has 1 N–H and O–H groups in total. The fraction of sp³-hybridized carbons (Fsp3) is 0.529. The molecule has 2 heterocycles. The summed E-state index contributed by atoms with van der Waals surface area (Å²) < 4.78 is 1.15. The number of aliphatic hydroxyl groups excluding tert-OH is 1. The normalized spacial score (nSPS) is 31.0. The summed E-state index contributed by atoms with van der Waals surface area (Å²) in [4.78, 5) is 4.81. The summed E-state index contributed by atoms with van der Waals surface area (Å²) in [6.07, 6.45) is 3.52. The molecule has 1 aromatic rings. The van der Waals surface area contributed by atoms with Gasteiger partial charge in [-0.15, -0.1) is 0 Å². The van der Waals surface area contributed by atoms with Crippen LogP contribution >= 0.6 is 15.9 Å². The number of hydrogen-bond donors (Lipinski definition) is 1. The van der Waals surface area contributed by atoms with Gasteiger partial charge in [-0.25, -0.2) is 0 Å². The summed E-state index contributed by atoms with van der Waals surface area (Å²) in [5.41, 5.74) is 5.72. The van der Waals surface area contributed by atoms with Crippen molar-refractivity contribution in [2.24, 2.45) is 5.92 Å². The number of nitrogens with zero attached hydrogens (tertiary/aromatic N) is 2. The van der Waals surface area contributed by atoms with Crippen molar-refractivity contribution in [1.82, 2.24) is 4.90 Å². The van der Waals surface area contributed by atoms with Crippen molar-refractivity contribution in [2.45, 2.75) is 18.4 Å². The van der Waals surface area contributed by atoms with Crippen molar-refractivity contribution in [2.75, 3.05) is 38.7 Å². The van der Waals surface area contributed by atoms with E-state index in [1.165, 1.54) is 28.8 Å². The van der Waals surface area contributed by atoms with Gasteiger partial charge in [0.15, 0.2) is 0 Å². The maximum absolute atomic E-state index is 9.57. The van der Waals surface area contributed by atoms with Gasteiger partial charge in [0.1, 0.15) is 0 Å². The van der Waals surface area contributed by atoms with E-state index >= 15 is 0 Å². The molecule has 3 aliphatic rings. The van der Waals surface area contributed by atoms with E-state index in [2.05, 4.69) is 58.0 Å². The van der Waals surface area contributed by atoms with Crippen LogP contribution in [-0.2, 0) is 0 Å². The number of rotatable bonds is 1. The molecule has 1 aliphatic carbocycles. The second-order valence-corrected chi connectivity index (χ2v) is 7.64. The average Bonchev–Trinajstić information content (AvgIpc) is 2.77. The van der Waals surface area contributed by atoms with Gasteiger partial charge in [0.05, 0.1) is 6.61 Å². The third-order valence-electron chi connectivity index (χ3n) is 5.32. The number of likely N-dealkylation sites (N-methyl/N-ethyl adjacent to an activating group) is 2. The van der Waals surface area contributed by atoms with Gasteiger partial charge in [-0.2, -0.15) is 0 Å². The Kier molecular flexibility index (Phi) is 3.18. The molecule has 0 saturated carbocycles. The highest BCUT2D eigenvalue weighted by atomic mass is 79.9.